The number of aryl methyl sites for hydroxylation is 1. The van der Waals surface area contributed by atoms with Gasteiger partial charge in [-0.15, -0.1) is 0 Å². The summed E-state index contributed by atoms with van der Waals surface area (Å²) in [6.07, 6.45) is 0.931. The van der Waals surface area contributed by atoms with Gasteiger partial charge in [-0.05, 0) is 42.2 Å². The number of hydrogen-bond acceptors (Lipinski definition) is 3. The molecule has 2 rings (SSSR count). The third kappa shape index (κ3) is 6.49. The maximum absolute atomic E-state index is 13.7. The molecule has 0 saturated heterocycles. The Labute approximate surface area is 159 Å². The van der Waals surface area contributed by atoms with Crippen LogP contribution in [0.5, 0.6) is 0 Å². The van der Waals surface area contributed by atoms with Crippen molar-refractivity contribution in [1.82, 2.24) is 16.0 Å². The van der Waals surface area contributed by atoms with Gasteiger partial charge in [0, 0.05) is 6.54 Å². The van der Waals surface area contributed by atoms with Crippen molar-refractivity contribution in [2.24, 2.45) is 0 Å². The van der Waals surface area contributed by atoms with Crippen molar-refractivity contribution in [1.29, 1.82) is 0 Å². The Morgan fingerprint density at radius 3 is 2.26 bits per heavy atom. The Morgan fingerprint density at radius 2 is 1.63 bits per heavy atom. The number of hydrogen-bond donors (Lipinski definition) is 3. The van der Waals surface area contributed by atoms with Gasteiger partial charge in [0.25, 0.3) is 0 Å². The van der Waals surface area contributed by atoms with Crippen LogP contribution in [0.15, 0.2) is 48.5 Å². The lowest BCUT2D eigenvalue weighted by Crippen LogP contribution is -2.41. The van der Waals surface area contributed by atoms with Crippen molar-refractivity contribution in [2.45, 2.75) is 26.3 Å². The van der Waals surface area contributed by atoms with Gasteiger partial charge in [0.05, 0.1) is 19.1 Å². The number of likely N-dealkylation sites (N-methyl/N-ethyl adjacent to an activating group) is 1. The quantitative estimate of drug-likeness (QED) is 0.634. The summed E-state index contributed by atoms with van der Waals surface area (Å²) in [4.78, 5) is 23.5. The topological polar surface area (TPSA) is 70.2 Å². The van der Waals surface area contributed by atoms with E-state index in [0.29, 0.717) is 6.54 Å². The van der Waals surface area contributed by atoms with Crippen LogP contribution >= 0.6 is 0 Å². The zero-order chi connectivity index (χ0) is 19.6. The maximum atomic E-state index is 13.7. The number of rotatable bonds is 9. The van der Waals surface area contributed by atoms with Crippen molar-refractivity contribution in [2.75, 3.05) is 19.6 Å². The van der Waals surface area contributed by atoms with E-state index in [9.17, 15) is 14.0 Å². The number of halogens is 1. The van der Waals surface area contributed by atoms with Gasteiger partial charge in [-0.3, -0.25) is 14.9 Å². The van der Waals surface area contributed by atoms with Gasteiger partial charge in [-0.25, -0.2) is 4.39 Å². The van der Waals surface area contributed by atoms with Gasteiger partial charge >= 0.3 is 0 Å². The summed E-state index contributed by atoms with van der Waals surface area (Å²) < 4.78 is 13.7. The van der Waals surface area contributed by atoms with Crippen molar-refractivity contribution in [3.8, 4) is 0 Å². The molecule has 0 saturated carbocycles. The zero-order valence-corrected chi connectivity index (χ0v) is 15.7. The summed E-state index contributed by atoms with van der Waals surface area (Å²) >= 11 is 0. The maximum Gasteiger partial charge on any atom is 0.239 e. The second kappa shape index (κ2) is 10.4. The van der Waals surface area contributed by atoms with E-state index in [1.165, 1.54) is 17.7 Å². The number of amides is 2. The first-order valence-electron chi connectivity index (χ1n) is 9.14. The molecule has 0 unspecified atom stereocenters. The Bertz CT molecular complexity index is 762. The first kappa shape index (κ1) is 20.6. The summed E-state index contributed by atoms with van der Waals surface area (Å²) in [7, 11) is 0. The fraction of sp³-hybridized carbons (Fsp3) is 0.333. The molecule has 0 radical (unpaired) electrons. The number of carbonyl (C=O) groups is 2. The smallest absolute Gasteiger partial charge is 0.239 e. The van der Waals surface area contributed by atoms with Crippen LogP contribution in [0.25, 0.3) is 0 Å². The molecule has 0 aliphatic carbocycles. The lowest BCUT2D eigenvalue weighted by molar-refractivity contribution is -0.125. The average Bonchev–Trinajstić information content (AvgIpc) is 2.67. The number of nitrogens with one attached hydrogen (secondary N) is 3. The molecular formula is C21H26FN3O2. The van der Waals surface area contributed by atoms with E-state index < -0.39 is 0 Å². The Kier molecular flexibility index (Phi) is 7.95. The molecule has 2 aromatic carbocycles. The molecule has 0 spiro atoms. The molecule has 6 heteroatoms. The minimum Gasteiger partial charge on any atom is -0.355 e. The van der Waals surface area contributed by atoms with E-state index in [2.05, 4.69) is 22.9 Å². The van der Waals surface area contributed by atoms with Gasteiger partial charge in [-0.1, -0.05) is 43.3 Å². The minimum absolute atomic E-state index is 0.0100. The molecule has 1 atom stereocenters. The average molecular weight is 371 g/mol. The molecule has 2 aromatic rings. The zero-order valence-electron chi connectivity index (χ0n) is 15.7. The molecule has 2 amide bonds. The standard InChI is InChI=1S/C21H26FN3O2/c1-3-15-8-10-16(11-9-15)21(17-6-5-7-18(22)12-17)25-14-20(27)24-13-19(26)23-4-2/h5-12,21,25H,3-4,13-14H2,1-2H3,(H,23,26)(H,24,27)/t21-/m1/s1. The second-order valence-corrected chi connectivity index (χ2v) is 6.19. The van der Waals surface area contributed by atoms with Crippen molar-refractivity contribution >= 4 is 11.8 Å². The first-order chi connectivity index (χ1) is 13.0. The molecule has 0 heterocycles. The third-order valence-corrected chi connectivity index (χ3v) is 4.19. The molecule has 0 bridgehead atoms. The highest BCUT2D eigenvalue weighted by Crippen LogP contribution is 2.23. The minimum atomic E-state index is -0.332. The van der Waals surface area contributed by atoms with Crippen LogP contribution in [0.3, 0.4) is 0 Å². The molecule has 27 heavy (non-hydrogen) atoms. The fourth-order valence-corrected chi connectivity index (χ4v) is 2.76. The Hall–Kier alpha value is -2.73. The van der Waals surface area contributed by atoms with Crippen LogP contribution in [-0.2, 0) is 16.0 Å². The van der Waals surface area contributed by atoms with Crippen LogP contribution in [-0.4, -0.2) is 31.4 Å². The molecule has 144 valence electrons. The van der Waals surface area contributed by atoms with Crippen LogP contribution in [0.1, 0.15) is 36.6 Å². The van der Waals surface area contributed by atoms with Crippen molar-refractivity contribution in [3.05, 3.63) is 71.0 Å². The fourth-order valence-electron chi connectivity index (χ4n) is 2.76. The van der Waals surface area contributed by atoms with Crippen LogP contribution < -0.4 is 16.0 Å². The van der Waals surface area contributed by atoms with Crippen LogP contribution in [0.4, 0.5) is 4.39 Å². The van der Waals surface area contributed by atoms with Crippen molar-refractivity contribution in [3.63, 3.8) is 0 Å². The Balaban J connectivity index is 2.08. The van der Waals surface area contributed by atoms with E-state index in [1.807, 2.05) is 37.3 Å². The van der Waals surface area contributed by atoms with E-state index in [1.54, 1.807) is 6.07 Å². The lowest BCUT2D eigenvalue weighted by atomic mass is 9.97. The predicted octanol–water partition coefficient (Wildman–Crippen LogP) is 2.32. The van der Waals surface area contributed by atoms with Gasteiger partial charge in [0.15, 0.2) is 0 Å². The molecule has 0 aliphatic heterocycles. The predicted molar refractivity (Wildman–Crippen MR) is 104 cm³/mol. The summed E-state index contributed by atoms with van der Waals surface area (Å²) in [5.74, 6) is -0.860. The summed E-state index contributed by atoms with van der Waals surface area (Å²) in [6.45, 7) is 4.35. The van der Waals surface area contributed by atoms with Crippen molar-refractivity contribution < 1.29 is 14.0 Å². The van der Waals surface area contributed by atoms with E-state index in [4.69, 9.17) is 0 Å². The van der Waals surface area contributed by atoms with E-state index in [0.717, 1.165) is 17.5 Å². The molecule has 0 aliphatic rings. The summed E-state index contributed by atoms with van der Waals surface area (Å²) in [5.41, 5.74) is 2.88. The number of carbonyl (C=O) groups excluding carboxylic acids is 2. The van der Waals surface area contributed by atoms with Gasteiger partial charge < -0.3 is 10.6 Å². The summed E-state index contributed by atoms with van der Waals surface area (Å²) in [5, 5.41) is 8.35. The molecular weight excluding hydrogens is 345 g/mol. The van der Waals surface area contributed by atoms with Crippen LogP contribution in [0, 0.1) is 5.82 Å². The highest BCUT2D eigenvalue weighted by atomic mass is 19.1. The highest BCUT2D eigenvalue weighted by Gasteiger charge is 2.16. The monoisotopic (exact) mass is 371 g/mol. The lowest BCUT2D eigenvalue weighted by Gasteiger charge is -2.20. The first-order valence-corrected chi connectivity index (χ1v) is 9.14. The van der Waals surface area contributed by atoms with E-state index in [-0.39, 0.29) is 36.8 Å². The SMILES string of the molecule is CCNC(=O)CNC(=O)CN[C@H](c1ccc(CC)cc1)c1cccc(F)c1. The highest BCUT2D eigenvalue weighted by molar-refractivity contribution is 5.85. The summed E-state index contributed by atoms with van der Waals surface area (Å²) in [6, 6.07) is 14.0. The molecule has 0 aromatic heterocycles. The second-order valence-electron chi connectivity index (χ2n) is 6.19. The van der Waals surface area contributed by atoms with Gasteiger partial charge in [0.1, 0.15) is 5.82 Å². The molecule has 0 fully saturated rings. The third-order valence-electron chi connectivity index (χ3n) is 4.19. The van der Waals surface area contributed by atoms with Gasteiger partial charge in [-0.2, -0.15) is 0 Å². The normalized spacial score (nSPS) is 11.7. The number of benzene rings is 2. The van der Waals surface area contributed by atoms with Gasteiger partial charge in [0.2, 0.25) is 11.8 Å². The Morgan fingerprint density at radius 1 is 0.926 bits per heavy atom. The van der Waals surface area contributed by atoms with E-state index >= 15 is 0 Å². The largest absolute Gasteiger partial charge is 0.355 e. The molecule has 3 N–H and O–H groups in total. The van der Waals surface area contributed by atoms with Crippen LogP contribution in [0.2, 0.25) is 0 Å². The molecule has 5 nitrogen and oxygen atoms in total.